The third-order valence-electron chi connectivity index (χ3n) is 3.09. The number of hydrogen-bond acceptors (Lipinski definition) is 4. The van der Waals surface area contributed by atoms with Gasteiger partial charge in [-0.3, -0.25) is 4.79 Å². The zero-order valence-electron chi connectivity index (χ0n) is 12.3. The highest BCUT2D eigenvalue weighted by Gasteiger charge is 2.11. The van der Waals surface area contributed by atoms with E-state index in [0.717, 1.165) is 18.9 Å². The molecule has 1 aromatic heterocycles. The lowest BCUT2D eigenvalue weighted by Gasteiger charge is -2.18. The minimum atomic E-state index is -0.364. The molecule has 0 atom stereocenters. The van der Waals surface area contributed by atoms with Gasteiger partial charge in [0, 0.05) is 28.8 Å². The normalized spacial score (nSPS) is 10.4. The van der Waals surface area contributed by atoms with Crippen molar-refractivity contribution in [2.75, 3.05) is 23.3 Å². The van der Waals surface area contributed by atoms with E-state index in [9.17, 15) is 4.79 Å². The number of aromatic nitrogens is 2. The highest BCUT2D eigenvalue weighted by Crippen LogP contribution is 2.22. The standard InChI is InChI=1S/C15H16Cl2N4O/c1-3-21(4-2)14-6-5-13(19-20-14)15(22)18-12-8-10(16)7-11(17)9-12/h5-9H,3-4H2,1-2H3,(H,18,22). The minimum Gasteiger partial charge on any atom is -0.356 e. The van der Waals surface area contributed by atoms with E-state index < -0.39 is 0 Å². The van der Waals surface area contributed by atoms with Gasteiger partial charge >= 0.3 is 0 Å². The molecular formula is C15H16Cl2N4O. The summed E-state index contributed by atoms with van der Waals surface area (Å²) in [5.74, 6) is 0.379. The first-order valence-corrected chi connectivity index (χ1v) is 7.65. The Morgan fingerprint density at radius 3 is 2.23 bits per heavy atom. The van der Waals surface area contributed by atoms with Gasteiger partial charge < -0.3 is 10.2 Å². The van der Waals surface area contributed by atoms with Gasteiger partial charge in [0.05, 0.1) is 0 Å². The number of nitrogens with zero attached hydrogens (tertiary/aromatic N) is 3. The number of anilines is 2. The largest absolute Gasteiger partial charge is 0.356 e. The Morgan fingerprint density at radius 2 is 1.73 bits per heavy atom. The molecule has 2 rings (SSSR count). The summed E-state index contributed by atoms with van der Waals surface area (Å²) in [5.41, 5.74) is 0.740. The molecule has 0 aliphatic heterocycles. The fraction of sp³-hybridized carbons (Fsp3) is 0.267. The van der Waals surface area contributed by atoms with E-state index in [1.807, 2.05) is 18.7 Å². The quantitative estimate of drug-likeness (QED) is 0.898. The maximum atomic E-state index is 12.1. The minimum absolute atomic E-state index is 0.229. The van der Waals surface area contributed by atoms with Crippen molar-refractivity contribution in [1.29, 1.82) is 0 Å². The maximum absolute atomic E-state index is 12.1. The molecule has 0 radical (unpaired) electrons. The van der Waals surface area contributed by atoms with E-state index in [1.165, 1.54) is 0 Å². The van der Waals surface area contributed by atoms with Crippen LogP contribution in [0.1, 0.15) is 24.3 Å². The molecule has 1 amide bonds. The smallest absolute Gasteiger partial charge is 0.276 e. The van der Waals surface area contributed by atoms with Gasteiger partial charge in [-0.1, -0.05) is 23.2 Å². The Balaban J connectivity index is 2.12. The third-order valence-corrected chi connectivity index (χ3v) is 3.53. The Hall–Kier alpha value is -1.85. The number of carbonyl (C=O) groups is 1. The summed E-state index contributed by atoms with van der Waals surface area (Å²) in [7, 11) is 0. The molecule has 0 saturated heterocycles. The second-order valence-electron chi connectivity index (χ2n) is 4.56. The summed E-state index contributed by atoms with van der Waals surface area (Å²) >= 11 is 11.8. The summed E-state index contributed by atoms with van der Waals surface area (Å²) in [6, 6.07) is 8.24. The molecule has 7 heteroatoms. The molecule has 1 heterocycles. The Kier molecular flexibility index (Phi) is 5.57. The molecular weight excluding hydrogens is 323 g/mol. The summed E-state index contributed by atoms with van der Waals surface area (Å²) in [6.45, 7) is 5.73. The number of benzene rings is 1. The Bertz CT molecular complexity index is 637. The van der Waals surface area contributed by atoms with E-state index >= 15 is 0 Å². The highest BCUT2D eigenvalue weighted by atomic mass is 35.5. The van der Waals surface area contributed by atoms with Gasteiger partial charge in [0.2, 0.25) is 0 Å². The van der Waals surface area contributed by atoms with E-state index in [4.69, 9.17) is 23.2 Å². The molecule has 0 fully saturated rings. The number of hydrogen-bond donors (Lipinski definition) is 1. The maximum Gasteiger partial charge on any atom is 0.276 e. The van der Waals surface area contributed by atoms with Crippen LogP contribution in [-0.4, -0.2) is 29.2 Å². The molecule has 22 heavy (non-hydrogen) atoms. The van der Waals surface area contributed by atoms with Crippen LogP contribution in [0, 0.1) is 0 Å². The fourth-order valence-corrected chi connectivity index (χ4v) is 2.51. The summed E-state index contributed by atoms with van der Waals surface area (Å²) in [4.78, 5) is 14.2. The SMILES string of the molecule is CCN(CC)c1ccc(C(=O)Nc2cc(Cl)cc(Cl)c2)nn1. The van der Waals surface area contributed by atoms with Crippen molar-refractivity contribution in [3.8, 4) is 0 Å². The first-order chi connectivity index (χ1) is 10.5. The van der Waals surface area contributed by atoms with E-state index in [0.29, 0.717) is 15.7 Å². The molecule has 1 aromatic carbocycles. The fourth-order valence-electron chi connectivity index (χ4n) is 1.98. The van der Waals surface area contributed by atoms with Crippen molar-refractivity contribution < 1.29 is 4.79 Å². The van der Waals surface area contributed by atoms with Gasteiger partial charge in [0.25, 0.3) is 5.91 Å². The Labute approximate surface area is 139 Å². The summed E-state index contributed by atoms with van der Waals surface area (Å²) in [6.07, 6.45) is 0. The van der Waals surface area contributed by atoms with Gasteiger partial charge in [-0.2, -0.15) is 0 Å². The van der Waals surface area contributed by atoms with Crippen molar-refractivity contribution in [3.05, 3.63) is 46.1 Å². The molecule has 0 aliphatic rings. The van der Waals surface area contributed by atoms with E-state index in [-0.39, 0.29) is 11.6 Å². The number of amides is 1. The Morgan fingerprint density at radius 1 is 1.09 bits per heavy atom. The van der Waals surface area contributed by atoms with E-state index in [1.54, 1.807) is 30.3 Å². The topological polar surface area (TPSA) is 58.1 Å². The number of halogens is 2. The summed E-state index contributed by atoms with van der Waals surface area (Å²) in [5, 5.41) is 11.6. The van der Waals surface area contributed by atoms with Gasteiger partial charge in [-0.15, -0.1) is 10.2 Å². The van der Waals surface area contributed by atoms with Crippen LogP contribution in [0.3, 0.4) is 0 Å². The van der Waals surface area contributed by atoms with E-state index in [2.05, 4.69) is 15.5 Å². The second-order valence-corrected chi connectivity index (χ2v) is 5.43. The van der Waals surface area contributed by atoms with Crippen molar-refractivity contribution in [3.63, 3.8) is 0 Å². The molecule has 0 saturated carbocycles. The van der Waals surface area contributed by atoms with Crippen LogP contribution in [0.4, 0.5) is 11.5 Å². The lowest BCUT2D eigenvalue weighted by molar-refractivity contribution is 0.102. The molecule has 5 nitrogen and oxygen atoms in total. The molecule has 0 spiro atoms. The molecule has 0 aliphatic carbocycles. The van der Waals surface area contributed by atoms with Crippen LogP contribution in [0.2, 0.25) is 10.0 Å². The van der Waals surface area contributed by atoms with Gasteiger partial charge in [0.15, 0.2) is 11.5 Å². The van der Waals surface area contributed by atoms with Crippen LogP contribution in [0.15, 0.2) is 30.3 Å². The van der Waals surface area contributed by atoms with Gasteiger partial charge in [-0.25, -0.2) is 0 Å². The van der Waals surface area contributed by atoms with Crippen molar-refractivity contribution >= 4 is 40.6 Å². The predicted octanol–water partition coefficient (Wildman–Crippen LogP) is 3.88. The summed E-state index contributed by atoms with van der Waals surface area (Å²) < 4.78 is 0. The average Bonchev–Trinajstić information content (AvgIpc) is 2.48. The second kappa shape index (κ2) is 7.42. The van der Waals surface area contributed by atoms with Crippen LogP contribution in [0.5, 0.6) is 0 Å². The van der Waals surface area contributed by atoms with Crippen molar-refractivity contribution in [2.45, 2.75) is 13.8 Å². The van der Waals surface area contributed by atoms with Crippen molar-refractivity contribution in [1.82, 2.24) is 10.2 Å². The van der Waals surface area contributed by atoms with Crippen LogP contribution in [0.25, 0.3) is 0 Å². The first kappa shape index (κ1) is 16.5. The monoisotopic (exact) mass is 338 g/mol. The number of nitrogens with one attached hydrogen (secondary N) is 1. The molecule has 0 bridgehead atoms. The zero-order valence-corrected chi connectivity index (χ0v) is 13.8. The first-order valence-electron chi connectivity index (χ1n) is 6.89. The third kappa shape index (κ3) is 4.08. The lowest BCUT2D eigenvalue weighted by atomic mass is 10.3. The predicted molar refractivity (Wildman–Crippen MR) is 90.0 cm³/mol. The molecule has 2 aromatic rings. The lowest BCUT2D eigenvalue weighted by Crippen LogP contribution is -2.24. The average molecular weight is 339 g/mol. The zero-order chi connectivity index (χ0) is 16.1. The highest BCUT2D eigenvalue weighted by molar-refractivity contribution is 6.35. The van der Waals surface area contributed by atoms with Crippen molar-refractivity contribution in [2.24, 2.45) is 0 Å². The number of rotatable bonds is 5. The molecule has 1 N–H and O–H groups in total. The van der Waals surface area contributed by atoms with Gasteiger partial charge in [-0.05, 0) is 44.2 Å². The van der Waals surface area contributed by atoms with Crippen LogP contribution in [-0.2, 0) is 0 Å². The number of carbonyl (C=O) groups excluding carboxylic acids is 1. The van der Waals surface area contributed by atoms with Crippen LogP contribution >= 0.6 is 23.2 Å². The van der Waals surface area contributed by atoms with Crippen LogP contribution < -0.4 is 10.2 Å². The van der Waals surface area contributed by atoms with Gasteiger partial charge in [0.1, 0.15) is 0 Å². The molecule has 0 unspecified atom stereocenters. The molecule has 116 valence electrons.